The second-order valence-corrected chi connectivity index (χ2v) is 8.86. The van der Waals surface area contributed by atoms with Crippen LogP contribution in [0.5, 0.6) is 11.5 Å². The maximum atomic E-state index is 13.2. The van der Waals surface area contributed by atoms with Crippen LogP contribution in [0, 0.1) is 5.92 Å². The Labute approximate surface area is 196 Å². The minimum atomic E-state index is -0.600. The number of amides is 1. The number of hydrogen-bond acceptors (Lipinski definition) is 6. The number of aliphatic hydroxyl groups excluding tert-OH is 1. The van der Waals surface area contributed by atoms with E-state index in [-0.39, 0.29) is 18.6 Å². The minimum Gasteiger partial charge on any atom is -0.497 e. The Morgan fingerprint density at radius 1 is 1.15 bits per heavy atom. The van der Waals surface area contributed by atoms with Crippen LogP contribution in [0.2, 0.25) is 0 Å². The second kappa shape index (κ2) is 12.6. The summed E-state index contributed by atoms with van der Waals surface area (Å²) >= 11 is 0. The molecule has 1 aliphatic heterocycles. The first-order valence-corrected chi connectivity index (χ1v) is 11.6. The minimum absolute atomic E-state index is 0.0108. The van der Waals surface area contributed by atoms with Gasteiger partial charge in [-0.25, -0.2) is 0 Å². The summed E-state index contributed by atoms with van der Waals surface area (Å²) in [7, 11) is 1.61. The molecular weight excluding hydrogens is 420 g/mol. The molecule has 33 heavy (non-hydrogen) atoms. The van der Waals surface area contributed by atoms with Gasteiger partial charge in [0.1, 0.15) is 24.2 Å². The van der Waals surface area contributed by atoms with Crippen LogP contribution in [0.4, 0.5) is 0 Å². The van der Waals surface area contributed by atoms with Crippen LogP contribution in [0.25, 0.3) is 0 Å². The number of ether oxygens (including phenoxy) is 3. The molecule has 0 radical (unpaired) electrons. The highest BCUT2D eigenvalue weighted by Crippen LogP contribution is 2.16. The second-order valence-electron chi connectivity index (χ2n) is 8.86. The van der Waals surface area contributed by atoms with E-state index in [9.17, 15) is 9.90 Å². The third-order valence-corrected chi connectivity index (χ3v) is 5.51. The average Bonchev–Trinajstić information content (AvgIpc) is 2.82. The third kappa shape index (κ3) is 8.03. The fourth-order valence-corrected chi connectivity index (χ4v) is 3.96. The van der Waals surface area contributed by atoms with Gasteiger partial charge in [-0.3, -0.25) is 9.69 Å². The largest absolute Gasteiger partial charge is 0.497 e. The van der Waals surface area contributed by atoms with E-state index < -0.39 is 6.10 Å². The van der Waals surface area contributed by atoms with Gasteiger partial charge in [0.15, 0.2) is 0 Å². The number of aliphatic hydroxyl groups is 1. The lowest BCUT2D eigenvalue weighted by Crippen LogP contribution is -2.51. The van der Waals surface area contributed by atoms with E-state index in [0.29, 0.717) is 44.3 Å². The molecule has 1 N–H and O–H groups in total. The molecule has 2 aromatic rings. The van der Waals surface area contributed by atoms with Crippen LogP contribution in [0.1, 0.15) is 24.2 Å². The Hall–Kier alpha value is -2.61. The lowest BCUT2D eigenvalue weighted by atomic mass is 10.1. The van der Waals surface area contributed by atoms with E-state index in [4.69, 9.17) is 14.2 Å². The van der Waals surface area contributed by atoms with Gasteiger partial charge in [-0.05, 0) is 42.3 Å². The summed E-state index contributed by atoms with van der Waals surface area (Å²) < 4.78 is 16.9. The summed E-state index contributed by atoms with van der Waals surface area (Å²) in [5.74, 6) is 1.80. The number of para-hydroxylation sites is 1. The highest BCUT2D eigenvalue weighted by atomic mass is 16.5. The Balaban J connectivity index is 1.54. The van der Waals surface area contributed by atoms with Crippen molar-refractivity contribution in [1.29, 1.82) is 0 Å². The van der Waals surface area contributed by atoms with Crippen molar-refractivity contribution in [3.8, 4) is 11.5 Å². The topological polar surface area (TPSA) is 71.5 Å². The predicted octanol–water partition coefficient (Wildman–Crippen LogP) is 2.93. The molecule has 0 aliphatic carbocycles. The van der Waals surface area contributed by atoms with E-state index in [0.717, 1.165) is 18.0 Å². The van der Waals surface area contributed by atoms with Gasteiger partial charge >= 0.3 is 0 Å². The van der Waals surface area contributed by atoms with E-state index in [1.54, 1.807) is 31.4 Å². The first kappa shape index (κ1) is 25.0. The van der Waals surface area contributed by atoms with Crippen LogP contribution in [0.3, 0.4) is 0 Å². The van der Waals surface area contributed by atoms with Gasteiger partial charge in [-0.2, -0.15) is 0 Å². The van der Waals surface area contributed by atoms with Crippen LogP contribution < -0.4 is 9.47 Å². The summed E-state index contributed by atoms with van der Waals surface area (Å²) in [4.78, 5) is 17.2. The maximum Gasteiger partial charge on any atom is 0.253 e. The molecule has 7 heteroatoms. The SMILES string of the molecule is COc1ccc(C(=O)N(CC(C)C)CC2CN(CC(O)COc3ccccc3)CCO2)cc1. The zero-order valence-electron chi connectivity index (χ0n) is 19.9. The summed E-state index contributed by atoms with van der Waals surface area (Å²) in [6.07, 6.45) is -0.710. The highest BCUT2D eigenvalue weighted by molar-refractivity contribution is 5.94. The monoisotopic (exact) mass is 456 g/mol. The Morgan fingerprint density at radius 3 is 2.55 bits per heavy atom. The first-order valence-electron chi connectivity index (χ1n) is 11.6. The standard InChI is InChI=1S/C26H36N2O5/c1-20(2)15-28(26(30)21-9-11-23(31-3)12-10-21)18-25-17-27(13-14-32-25)16-22(29)19-33-24-7-5-4-6-8-24/h4-12,20,22,25,29H,13-19H2,1-3H3. The molecule has 3 rings (SSSR count). The number of nitrogens with zero attached hydrogens (tertiary/aromatic N) is 2. The molecule has 7 nitrogen and oxygen atoms in total. The number of morpholine rings is 1. The maximum absolute atomic E-state index is 13.2. The van der Waals surface area contributed by atoms with Gasteiger partial charge in [0.25, 0.3) is 5.91 Å². The summed E-state index contributed by atoms with van der Waals surface area (Å²) in [5, 5.41) is 10.4. The smallest absolute Gasteiger partial charge is 0.253 e. The Bertz CT molecular complexity index is 844. The van der Waals surface area contributed by atoms with Gasteiger partial charge in [0.05, 0.1) is 19.8 Å². The molecule has 0 spiro atoms. The molecule has 0 aromatic heterocycles. The zero-order chi connectivity index (χ0) is 23.6. The number of methoxy groups -OCH3 is 1. The first-order chi connectivity index (χ1) is 15.9. The molecule has 0 saturated carbocycles. The van der Waals surface area contributed by atoms with Crippen LogP contribution in [-0.2, 0) is 4.74 Å². The zero-order valence-corrected chi connectivity index (χ0v) is 19.9. The van der Waals surface area contributed by atoms with Crippen LogP contribution >= 0.6 is 0 Å². The molecule has 1 saturated heterocycles. The van der Waals surface area contributed by atoms with Crippen molar-refractivity contribution in [1.82, 2.24) is 9.80 Å². The predicted molar refractivity (Wildman–Crippen MR) is 128 cm³/mol. The molecule has 180 valence electrons. The van der Waals surface area contributed by atoms with Crippen molar-refractivity contribution in [3.63, 3.8) is 0 Å². The van der Waals surface area contributed by atoms with Gasteiger partial charge in [0.2, 0.25) is 0 Å². The molecular formula is C26H36N2O5. The van der Waals surface area contributed by atoms with Crippen molar-refractivity contribution in [2.75, 3.05) is 53.0 Å². The highest BCUT2D eigenvalue weighted by Gasteiger charge is 2.27. The summed E-state index contributed by atoms with van der Waals surface area (Å²) in [5.41, 5.74) is 0.637. The number of rotatable bonds is 11. The van der Waals surface area contributed by atoms with Crippen molar-refractivity contribution in [3.05, 3.63) is 60.2 Å². The van der Waals surface area contributed by atoms with Crippen molar-refractivity contribution < 1.29 is 24.1 Å². The average molecular weight is 457 g/mol. The molecule has 2 atom stereocenters. The molecule has 2 unspecified atom stereocenters. The van der Waals surface area contributed by atoms with Gasteiger partial charge in [-0.1, -0.05) is 32.0 Å². The third-order valence-electron chi connectivity index (χ3n) is 5.51. The van der Waals surface area contributed by atoms with Crippen LogP contribution in [-0.4, -0.2) is 86.1 Å². The Morgan fingerprint density at radius 2 is 1.88 bits per heavy atom. The molecule has 1 aliphatic rings. The normalized spacial score (nSPS) is 17.5. The van der Waals surface area contributed by atoms with Crippen molar-refractivity contribution in [2.45, 2.75) is 26.1 Å². The molecule has 1 heterocycles. The van der Waals surface area contributed by atoms with E-state index in [1.165, 1.54) is 0 Å². The van der Waals surface area contributed by atoms with Crippen molar-refractivity contribution >= 4 is 5.91 Å². The fourth-order valence-electron chi connectivity index (χ4n) is 3.96. The van der Waals surface area contributed by atoms with E-state index in [1.807, 2.05) is 35.2 Å². The molecule has 2 aromatic carbocycles. The van der Waals surface area contributed by atoms with Gasteiger partial charge in [0, 0.05) is 38.3 Å². The number of hydrogen-bond donors (Lipinski definition) is 1. The number of β-amino-alcohol motifs (C(OH)–C–C–N with tert-alkyl or cyclic N) is 1. The summed E-state index contributed by atoms with van der Waals surface area (Å²) in [6, 6.07) is 16.7. The van der Waals surface area contributed by atoms with Gasteiger partial charge < -0.3 is 24.2 Å². The Kier molecular flexibility index (Phi) is 9.54. The quantitative estimate of drug-likeness (QED) is 0.561. The van der Waals surface area contributed by atoms with Gasteiger partial charge in [-0.15, -0.1) is 0 Å². The number of benzene rings is 2. The fraction of sp³-hybridized carbons (Fsp3) is 0.500. The lowest BCUT2D eigenvalue weighted by molar-refractivity contribution is -0.0542. The number of carbonyl (C=O) groups is 1. The molecule has 0 bridgehead atoms. The molecule has 1 amide bonds. The van der Waals surface area contributed by atoms with E-state index in [2.05, 4.69) is 18.7 Å². The lowest BCUT2D eigenvalue weighted by Gasteiger charge is -2.37. The summed E-state index contributed by atoms with van der Waals surface area (Å²) in [6.45, 7) is 8.08. The number of carbonyl (C=O) groups excluding carboxylic acids is 1. The van der Waals surface area contributed by atoms with E-state index >= 15 is 0 Å². The molecule has 1 fully saturated rings. The van der Waals surface area contributed by atoms with Crippen LogP contribution in [0.15, 0.2) is 54.6 Å². The van der Waals surface area contributed by atoms with Crippen molar-refractivity contribution in [2.24, 2.45) is 5.92 Å².